The fourth-order valence-corrected chi connectivity index (χ4v) is 3.35. The van der Waals surface area contributed by atoms with Crippen LogP contribution < -0.4 is 0 Å². The molecule has 116 valence electrons. The van der Waals surface area contributed by atoms with E-state index in [-0.39, 0.29) is 18.1 Å². The molecule has 0 radical (unpaired) electrons. The number of fused-ring (bicyclic) bond motifs is 3. The summed E-state index contributed by atoms with van der Waals surface area (Å²) >= 11 is 0. The Hall–Kier alpha value is -2.15. The minimum atomic E-state index is 0.0605. The highest BCUT2D eigenvalue weighted by Gasteiger charge is 2.38. The SMILES string of the molecule is Cc1ccc(C(=O)N2CC[C@@H]3OCc4cnnn4[C@H]3C2)n1C. The Morgan fingerprint density at radius 2 is 2.27 bits per heavy atom. The molecule has 0 bridgehead atoms. The zero-order chi connectivity index (χ0) is 15.3. The largest absolute Gasteiger partial charge is 0.370 e. The van der Waals surface area contributed by atoms with Crippen LogP contribution in [0.1, 0.15) is 34.3 Å². The highest BCUT2D eigenvalue weighted by atomic mass is 16.5. The summed E-state index contributed by atoms with van der Waals surface area (Å²) in [6.07, 6.45) is 2.69. The van der Waals surface area contributed by atoms with Gasteiger partial charge >= 0.3 is 0 Å². The normalized spacial score (nSPS) is 24.0. The molecule has 4 heterocycles. The van der Waals surface area contributed by atoms with Crippen molar-refractivity contribution >= 4 is 5.91 Å². The number of carbonyl (C=O) groups is 1. The van der Waals surface area contributed by atoms with Crippen molar-refractivity contribution in [2.75, 3.05) is 13.1 Å². The van der Waals surface area contributed by atoms with Gasteiger partial charge in [-0.3, -0.25) is 4.79 Å². The summed E-state index contributed by atoms with van der Waals surface area (Å²) < 4.78 is 9.74. The lowest BCUT2D eigenvalue weighted by Gasteiger charge is -2.41. The van der Waals surface area contributed by atoms with E-state index in [0.29, 0.717) is 19.7 Å². The Labute approximate surface area is 128 Å². The molecule has 1 fully saturated rings. The Bertz CT molecular complexity index is 719. The number of amides is 1. The highest BCUT2D eigenvalue weighted by Crippen LogP contribution is 2.30. The Balaban J connectivity index is 1.59. The Morgan fingerprint density at radius 3 is 3.05 bits per heavy atom. The second-order valence-corrected chi connectivity index (χ2v) is 6.05. The number of aryl methyl sites for hydroxylation is 1. The van der Waals surface area contributed by atoms with Gasteiger partial charge in [0.05, 0.1) is 30.6 Å². The van der Waals surface area contributed by atoms with Gasteiger partial charge < -0.3 is 14.2 Å². The van der Waals surface area contributed by atoms with Gasteiger partial charge in [-0.1, -0.05) is 5.21 Å². The summed E-state index contributed by atoms with van der Waals surface area (Å²) in [4.78, 5) is 14.7. The molecule has 22 heavy (non-hydrogen) atoms. The third kappa shape index (κ3) is 1.96. The first-order valence-corrected chi connectivity index (χ1v) is 7.57. The molecule has 0 aliphatic carbocycles. The summed E-state index contributed by atoms with van der Waals surface area (Å²) in [6.45, 7) is 3.89. The maximum absolute atomic E-state index is 12.8. The number of nitrogens with zero attached hydrogens (tertiary/aromatic N) is 5. The fourth-order valence-electron chi connectivity index (χ4n) is 3.35. The zero-order valence-electron chi connectivity index (χ0n) is 12.8. The predicted molar refractivity (Wildman–Crippen MR) is 78.3 cm³/mol. The average Bonchev–Trinajstić information content (AvgIpc) is 3.14. The average molecular weight is 301 g/mol. The van der Waals surface area contributed by atoms with E-state index >= 15 is 0 Å². The number of ether oxygens (including phenoxy) is 1. The predicted octanol–water partition coefficient (Wildman–Crippen LogP) is 0.911. The van der Waals surface area contributed by atoms with Crippen LogP contribution in [0.15, 0.2) is 18.3 Å². The number of hydrogen-bond donors (Lipinski definition) is 0. The van der Waals surface area contributed by atoms with E-state index in [1.54, 1.807) is 6.20 Å². The Morgan fingerprint density at radius 1 is 1.41 bits per heavy atom. The van der Waals surface area contributed by atoms with Crippen molar-refractivity contribution in [3.8, 4) is 0 Å². The number of likely N-dealkylation sites (tertiary alicyclic amines) is 1. The molecule has 2 aromatic heterocycles. The van der Waals surface area contributed by atoms with Crippen LogP contribution in [0.25, 0.3) is 0 Å². The van der Waals surface area contributed by atoms with Crippen LogP contribution in [0.3, 0.4) is 0 Å². The molecule has 4 rings (SSSR count). The molecule has 0 spiro atoms. The lowest BCUT2D eigenvalue weighted by atomic mass is 10.00. The molecule has 7 nitrogen and oxygen atoms in total. The van der Waals surface area contributed by atoms with Gasteiger partial charge in [0.15, 0.2) is 0 Å². The maximum Gasteiger partial charge on any atom is 0.270 e. The molecule has 7 heteroatoms. The van der Waals surface area contributed by atoms with Crippen LogP contribution in [0.5, 0.6) is 0 Å². The molecule has 2 aromatic rings. The molecule has 0 saturated carbocycles. The van der Waals surface area contributed by atoms with Gasteiger partial charge in [-0.05, 0) is 25.5 Å². The summed E-state index contributed by atoms with van der Waals surface area (Å²) in [7, 11) is 1.93. The fraction of sp³-hybridized carbons (Fsp3) is 0.533. The summed E-state index contributed by atoms with van der Waals surface area (Å²) in [5, 5.41) is 8.14. The molecular formula is C15H19N5O2. The maximum atomic E-state index is 12.8. The van der Waals surface area contributed by atoms with E-state index in [1.165, 1.54) is 0 Å². The van der Waals surface area contributed by atoms with E-state index in [2.05, 4.69) is 10.3 Å². The number of hydrogen-bond acceptors (Lipinski definition) is 4. The number of carbonyl (C=O) groups excluding carboxylic acids is 1. The van der Waals surface area contributed by atoms with Crippen LogP contribution in [0.2, 0.25) is 0 Å². The van der Waals surface area contributed by atoms with Crippen LogP contribution >= 0.6 is 0 Å². The molecular weight excluding hydrogens is 282 g/mol. The first-order chi connectivity index (χ1) is 10.6. The minimum Gasteiger partial charge on any atom is -0.370 e. The molecule has 2 aliphatic heterocycles. The monoisotopic (exact) mass is 301 g/mol. The van der Waals surface area contributed by atoms with E-state index in [4.69, 9.17) is 4.74 Å². The molecule has 1 saturated heterocycles. The van der Waals surface area contributed by atoms with Crippen molar-refractivity contribution in [1.29, 1.82) is 0 Å². The van der Waals surface area contributed by atoms with Gasteiger partial charge in [0, 0.05) is 25.8 Å². The lowest BCUT2D eigenvalue weighted by molar-refractivity contribution is -0.0606. The first kappa shape index (κ1) is 13.5. The summed E-state index contributed by atoms with van der Waals surface area (Å²) in [6, 6.07) is 3.92. The van der Waals surface area contributed by atoms with Crippen molar-refractivity contribution in [3.63, 3.8) is 0 Å². The zero-order valence-corrected chi connectivity index (χ0v) is 12.8. The molecule has 2 atom stereocenters. The van der Waals surface area contributed by atoms with Crippen LogP contribution in [-0.4, -0.2) is 49.6 Å². The van der Waals surface area contributed by atoms with E-state index in [9.17, 15) is 4.79 Å². The van der Waals surface area contributed by atoms with E-state index in [1.807, 2.05) is 40.3 Å². The van der Waals surface area contributed by atoms with Gasteiger partial charge in [-0.2, -0.15) is 0 Å². The first-order valence-electron chi connectivity index (χ1n) is 7.57. The van der Waals surface area contributed by atoms with Gasteiger partial charge in [0.25, 0.3) is 5.91 Å². The van der Waals surface area contributed by atoms with Crippen LogP contribution in [-0.2, 0) is 18.4 Å². The van der Waals surface area contributed by atoms with Crippen molar-refractivity contribution < 1.29 is 9.53 Å². The van der Waals surface area contributed by atoms with E-state index in [0.717, 1.165) is 23.5 Å². The van der Waals surface area contributed by atoms with E-state index < -0.39 is 0 Å². The lowest BCUT2D eigenvalue weighted by Crippen LogP contribution is -2.50. The van der Waals surface area contributed by atoms with Crippen molar-refractivity contribution in [2.24, 2.45) is 7.05 Å². The summed E-state index contributed by atoms with van der Waals surface area (Å²) in [5.74, 6) is 0.0706. The van der Waals surface area contributed by atoms with Gasteiger partial charge in [0.2, 0.25) is 0 Å². The van der Waals surface area contributed by atoms with Crippen LogP contribution in [0, 0.1) is 6.92 Å². The number of rotatable bonds is 1. The van der Waals surface area contributed by atoms with Crippen LogP contribution in [0.4, 0.5) is 0 Å². The standard InChI is InChI=1S/C15H19N5O2/c1-10-3-4-12(18(10)2)15(21)19-6-5-14-13(8-19)20-11(9-22-14)7-16-17-20/h3-4,7,13-14H,5-6,8-9H2,1-2H3/t13-,14-/m0/s1. The Kier molecular flexibility index (Phi) is 3.04. The third-order valence-corrected chi connectivity index (χ3v) is 4.81. The van der Waals surface area contributed by atoms with Gasteiger partial charge in [0.1, 0.15) is 5.69 Å². The highest BCUT2D eigenvalue weighted by molar-refractivity contribution is 5.93. The second-order valence-electron chi connectivity index (χ2n) is 6.05. The van der Waals surface area contributed by atoms with Gasteiger partial charge in [-0.25, -0.2) is 4.68 Å². The second kappa shape index (κ2) is 4.95. The molecule has 1 amide bonds. The quantitative estimate of drug-likeness (QED) is 0.785. The third-order valence-electron chi connectivity index (χ3n) is 4.81. The number of piperidine rings is 1. The topological polar surface area (TPSA) is 65.2 Å². The van der Waals surface area contributed by atoms with Crippen molar-refractivity contribution in [2.45, 2.75) is 32.1 Å². The number of aromatic nitrogens is 4. The molecule has 2 aliphatic rings. The molecule has 0 aromatic carbocycles. The smallest absolute Gasteiger partial charge is 0.270 e. The minimum absolute atomic E-state index is 0.0605. The van der Waals surface area contributed by atoms with Crippen molar-refractivity contribution in [1.82, 2.24) is 24.5 Å². The van der Waals surface area contributed by atoms with Crippen molar-refractivity contribution in [3.05, 3.63) is 35.4 Å². The van der Waals surface area contributed by atoms with Gasteiger partial charge in [-0.15, -0.1) is 5.10 Å². The molecule has 0 N–H and O–H groups in total. The molecule has 0 unspecified atom stereocenters. The summed E-state index contributed by atoms with van der Waals surface area (Å²) in [5.41, 5.74) is 2.79.